The minimum Gasteiger partial charge on any atom is -0.423 e. The molecule has 8 rings (SSSR count). The van der Waals surface area contributed by atoms with Crippen molar-refractivity contribution in [2.45, 2.75) is 77.8 Å². The molecule has 0 radical (unpaired) electrons. The second-order valence-electron chi connectivity index (χ2n) is 15.8. The monoisotopic (exact) mass is 706 g/mol. The average Bonchev–Trinajstić information content (AvgIpc) is 3.51. The summed E-state index contributed by atoms with van der Waals surface area (Å²) in [6.45, 7) is 16.6. The first kappa shape index (κ1) is 38.5. The lowest BCUT2D eigenvalue weighted by atomic mass is 9.78. The van der Waals surface area contributed by atoms with Gasteiger partial charge in [0.2, 0.25) is 0 Å². The maximum absolute atomic E-state index is 8.94. The summed E-state index contributed by atoms with van der Waals surface area (Å²) < 4.78 is 24.3. The highest BCUT2D eigenvalue weighted by molar-refractivity contribution is 6.62. The van der Waals surface area contributed by atoms with E-state index in [0.717, 1.165) is 21.7 Å². The van der Waals surface area contributed by atoms with E-state index in [4.69, 9.17) is 28.7 Å². The van der Waals surface area contributed by atoms with E-state index in [-0.39, 0.29) is 36.6 Å². The van der Waals surface area contributed by atoms with Crippen molar-refractivity contribution < 1.29 is 28.7 Å². The second-order valence-corrected chi connectivity index (χ2v) is 15.8. The van der Waals surface area contributed by atoms with Crippen molar-refractivity contribution in [3.8, 4) is 11.1 Å². The Labute approximate surface area is 315 Å². The summed E-state index contributed by atoms with van der Waals surface area (Å²) >= 11 is 0. The van der Waals surface area contributed by atoms with Crippen LogP contribution in [0, 0.1) is 0 Å². The third kappa shape index (κ3) is 8.63. The van der Waals surface area contributed by atoms with E-state index in [9.17, 15) is 0 Å². The quantitative estimate of drug-likeness (QED) is 0.188. The van der Waals surface area contributed by atoms with Gasteiger partial charge in [0, 0.05) is 0 Å². The van der Waals surface area contributed by atoms with Crippen molar-refractivity contribution in [1.29, 1.82) is 0 Å². The predicted molar refractivity (Wildman–Crippen MR) is 221 cm³/mol. The van der Waals surface area contributed by atoms with Gasteiger partial charge >= 0.3 is 21.4 Å². The maximum Gasteiger partial charge on any atom is 0.494 e. The van der Waals surface area contributed by atoms with Crippen LogP contribution in [0.3, 0.4) is 0 Å². The van der Waals surface area contributed by atoms with Crippen molar-refractivity contribution in [2.24, 2.45) is 0 Å². The first-order valence-electron chi connectivity index (χ1n) is 18.3. The van der Waals surface area contributed by atoms with Crippen molar-refractivity contribution >= 4 is 59.3 Å². The molecular formula is C44H49B3O6. The molecule has 0 unspecified atom stereocenters. The molecule has 2 N–H and O–H groups in total. The highest BCUT2D eigenvalue weighted by Gasteiger charge is 2.52. The Kier molecular flexibility index (Phi) is 11.1. The van der Waals surface area contributed by atoms with Crippen molar-refractivity contribution in [3.63, 3.8) is 0 Å². The fourth-order valence-corrected chi connectivity index (χ4v) is 6.14. The minimum atomic E-state index is -1.38. The fourth-order valence-electron chi connectivity index (χ4n) is 6.14. The molecule has 270 valence electrons. The summed E-state index contributed by atoms with van der Waals surface area (Å²) in [5.41, 5.74) is 3.93. The SMILES string of the molecule is CC1(C)OB(c2ccc(-c3ccccc3)cc2)OC1(C)C.CC1(C)OB(c2ccc3ccccc3c2)OC1(C)C.OB(O)c1ccc2ccccc2c1. The number of hydrogen-bond donors (Lipinski definition) is 2. The molecule has 6 nitrogen and oxygen atoms in total. The predicted octanol–water partition coefficient (Wildman–Crippen LogP) is 7.31. The van der Waals surface area contributed by atoms with Gasteiger partial charge in [-0.2, -0.15) is 0 Å². The van der Waals surface area contributed by atoms with Gasteiger partial charge in [-0.15, -0.1) is 0 Å². The second kappa shape index (κ2) is 15.3. The van der Waals surface area contributed by atoms with E-state index in [1.165, 1.54) is 21.9 Å². The summed E-state index contributed by atoms with van der Waals surface area (Å²) in [7, 11) is -1.96. The Morgan fingerprint density at radius 1 is 0.396 bits per heavy atom. The van der Waals surface area contributed by atoms with E-state index < -0.39 is 7.12 Å². The Morgan fingerprint density at radius 2 is 0.774 bits per heavy atom. The van der Waals surface area contributed by atoms with Crippen LogP contribution >= 0.6 is 0 Å². The van der Waals surface area contributed by atoms with Gasteiger partial charge in [0.1, 0.15) is 0 Å². The van der Waals surface area contributed by atoms with Gasteiger partial charge in [0.25, 0.3) is 0 Å². The summed E-state index contributed by atoms with van der Waals surface area (Å²) in [5.74, 6) is 0. The topological polar surface area (TPSA) is 77.4 Å². The van der Waals surface area contributed by atoms with Gasteiger partial charge in [-0.05, 0) is 104 Å². The van der Waals surface area contributed by atoms with Crippen molar-refractivity contribution in [3.05, 3.63) is 140 Å². The summed E-state index contributed by atoms with van der Waals surface area (Å²) in [6, 6.07) is 46.7. The molecule has 6 aromatic rings. The minimum absolute atomic E-state index is 0.283. The van der Waals surface area contributed by atoms with Gasteiger partial charge in [-0.1, -0.05) is 140 Å². The van der Waals surface area contributed by atoms with Crippen LogP contribution in [0.25, 0.3) is 32.7 Å². The molecule has 2 heterocycles. The Bertz CT molecular complexity index is 2120. The highest BCUT2D eigenvalue weighted by atomic mass is 16.7. The number of benzene rings is 6. The molecule has 2 aliphatic heterocycles. The Hall–Kier alpha value is -4.21. The van der Waals surface area contributed by atoms with Gasteiger partial charge in [0.05, 0.1) is 22.4 Å². The normalized spacial score (nSPS) is 17.8. The van der Waals surface area contributed by atoms with Crippen molar-refractivity contribution in [1.82, 2.24) is 0 Å². The van der Waals surface area contributed by atoms with Gasteiger partial charge < -0.3 is 28.7 Å². The van der Waals surface area contributed by atoms with Crippen LogP contribution in [0.1, 0.15) is 55.4 Å². The zero-order chi connectivity index (χ0) is 38.0. The molecule has 0 aromatic heterocycles. The van der Waals surface area contributed by atoms with Gasteiger partial charge in [0.15, 0.2) is 0 Å². The standard InChI is InChI=1S/C18H21BO2.C16H19BO2.C10H9BO2/c1-17(2)18(3,4)21-19(20-17)16-12-10-15(11-13-16)14-8-6-5-7-9-14;1-15(2)16(3,4)19-17(18-15)14-10-9-12-7-5-6-8-13(12)11-14;12-11(13)10-6-5-8-3-1-2-4-9(8)7-10/h5-13H,1-4H3;5-11H,1-4H3;1-7,12-13H. The molecule has 2 saturated heterocycles. The van der Waals surface area contributed by atoms with E-state index in [2.05, 4.69) is 146 Å². The largest absolute Gasteiger partial charge is 0.494 e. The molecule has 2 fully saturated rings. The molecule has 0 spiro atoms. The number of rotatable bonds is 4. The molecule has 53 heavy (non-hydrogen) atoms. The van der Waals surface area contributed by atoms with Crippen LogP contribution in [-0.2, 0) is 18.6 Å². The first-order valence-corrected chi connectivity index (χ1v) is 18.3. The molecule has 6 aromatic carbocycles. The molecule has 0 amide bonds. The molecule has 2 aliphatic rings. The number of hydrogen-bond acceptors (Lipinski definition) is 6. The molecule has 9 heteroatoms. The Morgan fingerprint density at radius 3 is 1.26 bits per heavy atom. The van der Waals surface area contributed by atoms with Crippen LogP contribution in [-0.4, -0.2) is 53.8 Å². The molecule has 0 bridgehead atoms. The van der Waals surface area contributed by atoms with E-state index in [1.807, 2.05) is 36.4 Å². The fraction of sp³-hybridized carbons (Fsp3) is 0.273. The Balaban J connectivity index is 0.000000140. The van der Waals surface area contributed by atoms with Crippen LogP contribution < -0.4 is 16.4 Å². The van der Waals surface area contributed by atoms with Gasteiger partial charge in [-0.3, -0.25) is 0 Å². The lowest BCUT2D eigenvalue weighted by molar-refractivity contribution is 0.00578. The third-order valence-electron chi connectivity index (χ3n) is 10.9. The first-order chi connectivity index (χ1) is 25.1. The van der Waals surface area contributed by atoms with Gasteiger partial charge in [-0.25, -0.2) is 0 Å². The lowest BCUT2D eigenvalue weighted by Gasteiger charge is -2.32. The molecule has 0 saturated carbocycles. The summed E-state index contributed by atoms with van der Waals surface area (Å²) in [4.78, 5) is 0. The van der Waals surface area contributed by atoms with Crippen LogP contribution in [0.15, 0.2) is 140 Å². The number of fused-ring (bicyclic) bond motifs is 2. The smallest absolute Gasteiger partial charge is 0.423 e. The molecule has 0 aliphatic carbocycles. The van der Waals surface area contributed by atoms with Crippen LogP contribution in [0.2, 0.25) is 0 Å². The molecular weight excluding hydrogens is 657 g/mol. The average molecular weight is 706 g/mol. The van der Waals surface area contributed by atoms with Crippen molar-refractivity contribution in [2.75, 3.05) is 0 Å². The highest BCUT2D eigenvalue weighted by Crippen LogP contribution is 2.37. The third-order valence-corrected chi connectivity index (χ3v) is 10.9. The summed E-state index contributed by atoms with van der Waals surface area (Å²) in [5, 5.41) is 22.5. The lowest BCUT2D eigenvalue weighted by Crippen LogP contribution is -2.41. The summed E-state index contributed by atoms with van der Waals surface area (Å²) in [6.07, 6.45) is 0. The van der Waals surface area contributed by atoms with E-state index in [0.29, 0.717) is 5.46 Å². The van der Waals surface area contributed by atoms with Crippen LogP contribution in [0.5, 0.6) is 0 Å². The van der Waals surface area contributed by atoms with E-state index in [1.54, 1.807) is 12.1 Å². The van der Waals surface area contributed by atoms with Crippen LogP contribution in [0.4, 0.5) is 0 Å². The maximum atomic E-state index is 8.94. The van der Waals surface area contributed by atoms with E-state index >= 15 is 0 Å². The zero-order valence-electron chi connectivity index (χ0n) is 32.0. The molecule has 0 atom stereocenters. The zero-order valence-corrected chi connectivity index (χ0v) is 32.0.